The number of aromatic nitrogens is 2. The lowest BCUT2D eigenvalue weighted by Crippen LogP contribution is -2.19. The molecule has 0 bridgehead atoms. The standard InChI is InChI=1S/C9H9FN2O3S/c1-11-7-4-3-6(16(10,14)15)5-8(7)12(2)9(11)13/h3-5H,1-2H3. The van der Waals surface area contributed by atoms with Gasteiger partial charge in [0.25, 0.3) is 0 Å². The molecule has 0 saturated heterocycles. The second-order valence-electron chi connectivity index (χ2n) is 3.49. The van der Waals surface area contributed by atoms with Gasteiger partial charge in [0.15, 0.2) is 0 Å². The Morgan fingerprint density at radius 3 is 2.25 bits per heavy atom. The van der Waals surface area contributed by atoms with Crippen molar-refractivity contribution >= 4 is 21.3 Å². The van der Waals surface area contributed by atoms with Gasteiger partial charge in [-0.25, -0.2) is 4.79 Å². The zero-order valence-electron chi connectivity index (χ0n) is 8.64. The summed E-state index contributed by atoms with van der Waals surface area (Å²) in [5, 5.41) is 0. The van der Waals surface area contributed by atoms with Crippen molar-refractivity contribution in [2.75, 3.05) is 0 Å². The van der Waals surface area contributed by atoms with Crippen molar-refractivity contribution in [3.8, 4) is 0 Å². The van der Waals surface area contributed by atoms with Crippen molar-refractivity contribution in [1.29, 1.82) is 0 Å². The second-order valence-corrected chi connectivity index (χ2v) is 4.84. The third-order valence-corrected chi connectivity index (χ3v) is 3.34. The zero-order valence-corrected chi connectivity index (χ0v) is 9.45. The van der Waals surface area contributed by atoms with E-state index in [0.717, 1.165) is 12.1 Å². The smallest absolute Gasteiger partial charge is 0.295 e. The molecule has 1 heterocycles. The quantitative estimate of drug-likeness (QED) is 0.688. The normalized spacial score (nSPS) is 12.2. The first-order valence-corrected chi connectivity index (χ1v) is 5.81. The molecule has 0 radical (unpaired) electrons. The summed E-state index contributed by atoms with van der Waals surface area (Å²) >= 11 is 0. The molecule has 0 N–H and O–H groups in total. The Kier molecular flexibility index (Phi) is 2.16. The first kappa shape index (κ1) is 10.9. The summed E-state index contributed by atoms with van der Waals surface area (Å²) in [5.41, 5.74) is 0.648. The third kappa shape index (κ3) is 1.44. The van der Waals surface area contributed by atoms with Gasteiger partial charge in [0, 0.05) is 14.1 Å². The van der Waals surface area contributed by atoms with Gasteiger partial charge in [0.05, 0.1) is 11.0 Å². The van der Waals surface area contributed by atoms with E-state index >= 15 is 0 Å². The lowest BCUT2D eigenvalue weighted by molar-refractivity contribution is 0.552. The Labute approximate surface area is 90.9 Å². The average molecular weight is 244 g/mol. The molecule has 2 aromatic rings. The van der Waals surface area contributed by atoms with Crippen LogP contribution in [-0.2, 0) is 24.3 Å². The summed E-state index contributed by atoms with van der Waals surface area (Å²) in [4.78, 5) is 11.1. The predicted molar refractivity (Wildman–Crippen MR) is 56.5 cm³/mol. The molecule has 7 heteroatoms. The number of hydrogen-bond donors (Lipinski definition) is 0. The van der Waals surface area contributed by atoms with Gasteiger partial charge in [-0.1, -0.05) is 0 Å². The highest BCUT2D eigenvalue weighted by Crippen LogP contribution is 2.18. The van der Waals surface area contributed by atoms with Crippen LogP contribution in [0.5, 0.6) is 0 Å². The van der Waals surface area contributed by atoms with Gasteiger partial charge in [-0.2, -0.15) is 8.42 Å². The van der Waals surface area contributed by atoms with Crippen LogP contribution in [0, 0.1) is 0 Å². The van der Waals surface area contributed by atoms with Crippen molar-refractivity contribution in [3.05, 3.63) is 28.7 Å². The largest absolute Gasteiger partial charge is 0.332 e. The average Bonchev–Trinajstić information content (AvgIpc) is 2.43. The number of hydrogen-bond acceptors (Lipinski definition) is 3. The summed E-state index contributed by atoms with van der Waals surface area (Å²) in [5.74, 6) is 0. The van der Waals surface area contributed by atoms with Gasteiger partial charge in [-0.3, -0.25) is 9.13 Å². The number of benzene rings is 1. The fourth-order valence-electron chi connectivity index (χ4n) is 1.64. The van der Waals surface area contributed by atoms with Crippen LogP contribution >= 0.6 is 0 Å². The van der Waals surface area contributed by atoms with Crippen LogP contribution < -0.4 is 5.69 Å². The minimum atomic E-state index is -4.74. The van der Waals surface area contributed by atoms with Crippen molar-refractivity contribution in [3.63, 3.8) is 0 Å². The summed E-state index contributed by atoms with van der Waals surface area (Å²) in [6, 6.07) is 3.69. The summed E-state index contributed by atoms with van der Waals surface area (Å²) in [7, 11) is -1.68. The molecule has 2 rings (SSSR count). The highest BCUT2D eigenvalue weighted by Gasteiger charge is 2.15. The van der Waals surface area contributed by atoms with E-state index in [0.29, 0.717) is 11.0 Å². The Morgan fingerprint density at radius 1 is 1.12 bits per heavy atom. The molecule has 0 saturated carbocycles. The Morgan fingerprint density at radius 2 is 1.69 bits per heavy atom. The number of imidazole rings is 1. The van der Waals surface area contributed by atoms with Gasteiger partial charge in [0.1, 0.15) is 4.90 Å². The number of aryl methyl sites for hydroxylation is 2. The molecule has 0 amide bonds. The van der Waals surface area contributed by atoms with Gasteiger partial charge >= 0.3 is 15.9 Å². The lowest BCUT2D eigenvalue weighted by atomic mass is 10.3. The van der Waals surface area contributed by atoms with E-state index in [1.165, 1.54) is 22.2 Å². The predicted octanol–water partition coefficient (Wildman–Crippen LogP) is 0.535. The van der Waals surface area contributed by atoms with Gasteiger partial charge in [0.2, 0.25) is 0 Å². The molecule has 1 aromatic heterocycles. The van der Waals surface area contributed by atoms with Crippen LogP contribution in [0.4, 0.5) is 3.89 Å². The number of nitrogens with zero attached hydrogens (tertiary/aromatic N) is 2. The molecular weight excluding hydrogens is 235 g/mol. The van der Waals surface area contributed by atoms with E-state index in [-0.39, 0.29) is 5.69 Å². The maximum atomic E-state index is 12.8. The highest BCUT2D eigenvalue weighted by atomic mass is 32.3. The fraction of sp³-hybridized carbons (Fsp3) is 0.222. The summed E-state index contributed by atoms with van der Waals surface area (Å²) in [6.45, 7) is 0. The molecule has 16 heavy (non-hydrogen) atoms. The molecule has 0 atom stereocenters. The molecule has 0 aliphatic heterocycles. The van der Waals surface area contributed by atoms with Crippen LogP contribution in [0.2, 0.25) is 0 Å². The third-order valence-electron chi connectivity index (χ3n) is 2.52. The van der Waals surface area contributed by atoms with E-state index < -0.39 is 15.1 Å². The lowest BCUT2D eigenvalue weighted by Gasteiger charge is -1.97. The zero-order chi connectivity index (χ0) is 12.1. The Hall–Kier alpha value is -1.63. The summed E-state index contributed by atoms with van der Waals surface area (Å²) in [6.07, 6.45) is 0. The van der Waals surface area contributed by atoms with Crippen LogP contribution in [0.1, 0.15) is 0 Å². The minimum absolute atomic E-state index is 0.289. The van der Waals surface area contributed by atoms with Crippen molar-refractivity contribution < 1.29 is 12.3 Å². The maximum Gasteiger partial charge on any atom is 0.332 e. The van der Waals surface area contributed by atoms with Crippen molar-refractivity contribution in [2.24, 2.45) is 14.1 Å². The number of halogens is 1. The molecule has 0 aliphatic rings. The van der Waals surface area contributed by atoms with E-state index in [1.807, 2.05) is 0 Å². The van der Waals surface area contributed by atoms with Crippen LogP contribution in [0.15, 0.2) is 27.9 Å². The maximum absolute atomic E-state index is 12.8. The van der Waals surface area contributed by atoms with E-state index in [1.54, 1.807) is 7.05 Å². The highest BCUT2D eigenvalue weighted by molar-refractivity contribution is 7.86. The molecule has 86 valence electrons. The first-order valence-electron chi connectivity index (χ1n) is 4.42. The van der Waals surface area contributed by atoms with Crippen molar-refractivity contribution in [2.45, 2.75) is 4.90 Å². The first-order chi connectivity index (χ1) is 7.32. The topological polar surface area (TPSA) is 61.1 Å². The molecule has 0 unspecified atom stereocenters. The fourth-order valence-corrected chi connectivity index (χ4v) is 2.12. The molecule has 1 aromatic carbocycles. The Balaban J connectivity index is 2.93. The summed E-state index contributed by atoms with van der Waals surface area (Å²) < 4.78 is 36.8. The van der Waals surface area contributed by atoms with Crippen LogP contribution in [0.25, 0.3) is 11.0 Å². The van der Waals surface area contributed by atoms with Gasteiger partial charge < -0.3 is 0 Å². The monoisotopic (exact) mass is 244 g/mol. The molecule has 0 spiro atoms. The van der Waals surface area contributed by atoms with Gasteiger partial charge in [-0.15, -0.1) is 3.89 Å². The molecule has 5 nitrogen and oxygen atoms in total. The SMILES string of the molecule is Cn1c(=O)n(C)c2cc(S(=O)(=O)F)ccc21. The molecule has 0 fully saturated rings. The van der Waals surface area contributed by atoms with E-state index in [4.69, 9.17) is 0 Å². The minimum Gasteiger partial charge on any atom is -0.295 e. The second kappa shape index (κ2) is 3.18. The van der Waals surface area contributed by atoms with E-state index in [9.17, 15) is 17.1 Å². The van der Waals surface area contributed by atoms with Crippen LogP contribution in [-0.4, -0.2) is 17.6 Å². The number of rotatable bonds is 1. The number of fused-ring (bicyclic) bond motifs is 1. The Bertz CT molecular complexity index is 727. The van der Waals surface area contributed by atoms with Gasteiger partial charge in [-0.05, 0) is 18.2 Å². The van der Waals surface area contributed by atoms with Crippen molar-refractivity contribution in [1.82, 2.24) is 9.13 Å². The van der Waals surface area contributed by atoms with Crippen LogP contribution in [0.3, 0.4) is 0 Å². The molecular formula is C9H9FN2O3S. The molecule has 0 aliphatic carbocycles. The van der Waals surface area contributed by atoms with E-state index in [2.05, 4.69) is 0 Å².